The lowest BCUT2D eigenvalue weighted by Crippen LogP contribution is -2.20. The molecule has 85 heavy (non-hydrogen) atoms. The molecule has 0 aliphatic heterocycles. The zero-order valence-electron chi connectivity index (χ0n) is 48.1. The van der Waals surface area contributed by atoms with Crippen LogP contribution in [0.2, 0.25) is 0 Å². The van der Waals surface area contributed by atoms with Crippen LogP contribution >= 0.6 is 0 Å². The number of aromatic nitrogens is 4. The molecule has 0 amide bonds. The highest BCUT2D eigenvalue weighted by atomic mass is 14.9. The molecule has 2 aliphatic carbocycles. The standard InChI is InChI=1S/C81H60N4/c1-51-21-9-6-14-26-54-33-42-60(48-71(54)80(51,2)3)68-45-61(59-43-44-63-62-27-15-18-30-70(62)81(4,5)72(63)47-59)46-69-77(57-38-34-55(35-39-57)75-49-66(52-22-10-7-11-23-52)64-28-16-19-31-73(64)82-75)84-79(85-78(68)69)58-40-36-56(37-41-58)76-50-67(53-24-12-8-13-25-53)65-29-17-20-32-74(65)83-76/h6-25,27-50H,1,26H2,2-5H3/b14-6-,21-9-. The van der Waals surface area contributed by atoms with Gasteiger partial charge >= 0.3 is 0 Å². The first-order valence-corrected chi connectivity index (χ1v) is 29.4. The van der Waals surface area contributed by atoms with Crippen molar-refractivity contribution in [3.63, 3.8) is 0 Å². The monoisotopic (exact) mass is 1090 g/mol. The van der Waals surface area contributed by atoms with Crippen LogP contribution in [0.1, 0.15) is 49.9 Å². The van der Waals surface area contributed by atoms with E-state index in [1.807, 2.05) is 0 Å². The van der Waals surface area contributed by atoms with Crippen molar-refractivity contribution in [2.45, 2.75) is 44.9 Å². The maximum Gasteiger partial charge on any atom is 0.160 e. The summed E-state index contributed by atoms with van der Waals surface area (Å²) in [5, 5.41) is 3.21. The van der Waals surface area contributed by atoms with Gasteiger partial charge in [0, 0.05) is 54.8 Å². The Morgan fingerprint density at radius 1 is 0.341 bits per heavy atom. The summed E-state index contributed by atoms with van der Waals surface area (Å²) in [6, 6.07) is 87.6. The van der Waals surface area contributed by atoms with Crippen molar-refractivity contribution in [2.24, 2.45) is 0 Å². The molecule has 0 radical (unpaired) electrons. The second kappa shape index (κ2) is 20.5. The van der Waals surface area contributed by atoms with Gasteiger partial charge in [-0.25, -0.2) is 19.9 Å². The summed E-state index contributed by atoms with van der Waals surface area (Å²) in [6.45, 7) is 13.9. The summed E-state index contributed by atoms with van der Waals surface area (Å²) in [5.41, 5.74) is 26.7. The smallest absolute Gasteiger partial charge is 0.160 e. The number of para-hydroxylation sites is 2. The van der Waals surface area contributed by atoms with Crippen LogP contribution in [0.3, 0.4) is 0 Å². The molecule has 2 aliphatic rings. The molecular formula is C81H60N4. The predicted octanol–water partition coefficient (Wildman–Crippen LogP) is 20.9. The van der Waals surface area contributed by atoms with Crippen LogP contribution < -0.4 is 0 Å². The summed E-state index contributed by atoms with van der Waals surface area (Å²) in [6.07, 6.45) is 9.46. The third kappa shape index (κ3) is 9.01. The van der Waals surface area contributed by atoms with E-state index < -0.39 is 0 Å². The maximum absolute atomic E-state index is 5.72. The van der Waals surface area contributed by atoms with Crippen molar-refractivity contribution in [1.82, 2.24) is 19.9 Å². The molecular weight excluding hydrogens is 1030 g/mol. The van der Waals surface area contributed by atoms with Crippen LogP contribution in [0.25, 0.3) is 134 Å². The van der Waals surface area contributed by atoms with Gasteiger partial charge in [-0.1, -0.05) is 253 Å². The lowest BCUT2D eigenvalue weighted by molar-refractivity contribution is 0.635. The first-order valence-electron chi connectivity index (χ1n) is 29.4. The number of pyridine rings is 2. The number of nitrogens with zero attached hydrogens (tertiary/aromatic N) is 4. The van der Waals surface area contributed by atoms with Crippen molar-refractivity contribution in [2.75, 3.05) is 0 Å². The van der Waals surface area contributed by atoms with Crippen LogP contribution in [-0.2, 0) is 17.3 Å². The van der Waals surface area contributed by atoms with Crippen LogP contribution in [0.4, 0.5) is 0 Å². The fourth-order valence-corrected chi connectivity index (χ4v) is 13.1. The molecule has 0 bridgehead atoms. The zero-order valence-corrected chi connectivity index (χ0v) is 48.1. The van der Waals surface area contributed by atoms with Gasteiger partial charge in [-0.05, 0) is 133 Å². The van der Waals surface area contributed by atoms with Gasteiger partial charge in [0.05, 0.1) is 33.6 Å². The van der Waals surface area contributed by atoms with Crippen molar-refractivity contribution in [3.8, 4) is 101 Å². The van der Waals surface area contributed by atoms with E-state index in [9.17, 15) is 0 Å². The molecule has 10 aromatic carbocycles. The topological polar surface area (TPSA) is 51.6 Å². The molecule has 404 valence electrons. The molecule has 0 saturated carbocycles. The van der Waals surface area contributed by atoms with Gasteiger partial charge in [-0.15, -0.1) is 0 Å². The molecule has 0 spiro atoms. The molecule has 0 N–H and O–H groups in total. The van der Waals surface area contributed by atoms with E-state index >= 15 is 0 Å². The number of hydrogen-bond acceptors (Lipinski definition) is 4. The minimum absolute atomic E-state index is 0.177. The Morgan fingerprint density at radius 3 is 1.54 bits per heavy atom. The van der Waals surface area contributed by atoms with Crippen molar-refractivity contribution < 1.29 is 0 Å². The maximum atomic E-state index is 5.72. The van der Waals surface area contributed by atoms with Crippen LogP contribution in [0, 0.1) is 0 Å². The lowest BCUT2D eigenvalue weighted by Gasteiger charge is -2.29. The number of benzene rings is 10. The van der Waals surface area contributed by atoms with Gasteiger partial charge in [0.15, 0.2) is 5.82 Å². The van der Waals surface area contributed by atoms with E-state index in [0.29, 0.717) is 5.82 Å². The summed E-state index contributed by atoms with van der Waals surface area (Å²) in [5.74, 6) is 0.635. The molecule has 15 rings (SSSR count). The Kier molecular flexibility index (Phi) is 12.4. The predicted molar refractivity (Wildman–Crippen MR) is 355 cm³/mol. The van der Waals surface area contributed by atoms with Crippen LogP contribution in [0.5, 0.6) is 0 Å². The zero-order chi connectivity index (χ0) is 57.4. The normalized spacial score (nSPS) is 14.7. The fraction of sp³-hybridized carbons (Fsp3) is 0.0864. The average Bonchev–Trinajstić information content (AvgIpc) is 1.98. The second-order valence-electron chi connectivity index (χ2n) is 23.8. The first-order chi connectivity index (χ1) is 41.5. The van der Waals surface area contributed by atoms with E-state index in [0.717, 1.165) is 129 Å². The minimum Gasteiger partial charge on any atom is -0.248 e. The van der Waals surface area contributed by atoms with Crippen molar-refractivity contribution in [3.05, 3.63) is 301 Å². The molecule has 0 fully saturated rings. The van der Waals surface area contributed by atoms with Gasteiger partial charge in [0.1, 0.15) is 0 Å². The summed E-state index contributed by atoms with van der Waals surface area (Å²) in [7, 11) is 0. The Morgan fingerprint density at radius 2 is 0.882 bits per heavy atom. The van der Waals surface area contributed by atoms with Gasteiger partial charge in [-0.2, -0.15) is 0 Å². The highest BCUT2D eigenvalue weighted by molar-refractivity contribution is 6.05. The van der Waals surface area contributed by atoms with Gasteiger partial charge in [0.25, 0.3) is 0 Å². The number of allylic oxidation sites excluding steroid dienone is 5. The van der Waals surface area contributed by atoms with Crippen LogP contribution in [0.15, 0.2) is 279 Å². The van der Waals surface area contributed by atoms with E-state index in [1.54, 1.807) is 0 Å². The average molecular weight is 1090 g/mol. The van der Waals surface area contributed by atoms with E-state index in [4.69, 9.17) is 19.9 Å². The van der Waals surface area contributed by atoms with Gasteiger partial charge < -0.3 is 0 Å². The summed E-state index contributed by atoms with van der Waals surface area (Å²) < 4.78 is 0. The quantitative estimate of drug-likeness (QED) is 0.152. The Balaban J connectivity index is 0.946. The highest BCUT2D eigenvalue weighted by Crippen LogP contribution is 2.51. The minimum atomic E-state index is -0.347. The molecule has 0 unspecified atom stereocenters. The number of fused-ring (bicyclic) bond motifs is 7. The largest absolute Gasteiger partial charge is 0.248 e. The van der Waals surface area contributed by atoms with Gasteiger partial charge in [0.2, 0.25) is 0 Å². The second-order valence-corrected chi connectivity index (χ2v) is 23.8. The summed E-state index contributed by atoms with van der Waals surface area (Å²) in [4.78, 5) is 21.9. The molecule has 4 heteroatoms. The third-order valence-corrected chi connectivity index (χ3v) is 18.0. The SMILES string of the molecule is C=C1/C=C\C=C/Cc2ccc(-c3cc(-c4ccc5c(c4)C(C)(C)c4ccccc4-5)cc4c(-c5ccc(-c6cc(-c7ccccc7)c7ccccc7n6)cc5)nc(-c5ccc(-c6cc(-c7ccccc7)c7ccccc7n6)cc5)nc34)cc2C1(C)C. The first kappa shape index (κ1) is 51.5. The Hall–Kier alpha value is -10.4. The van der Waals surface area contributed by atoms with Crippen molar-refractivity contribution in [1.29, 1.82) is 0 Å². The molecule has 0 saturated heterocycles. The Bertz CT molecular complexity index is 4890. The van der Waals surface area contributed by atoms with Crippen molar-refractivity contribution >= 4 is 32.7 Å². The lowest BCUT2D eigenvalue weighted by atomic mass is 9.74. The number of hydrogen-bond donors (Lipinski definition) is 0. The van der Waals surface area contributed by atoms with E-state index in [-0.39, 0.29) is 10.8 Å². The highest BCUT2D eigenvalue weighted by Gasteiger charge is 2.35. The molecule has 3 heterocycles. The molecule has 0 atom stereocenters. The number of rotatable bonds is 8. The molecule has 4 nitrogen and oxygen atoms in total. The van der Waals surface area contributed by atoms with Crippen LogP contribution in [-0.4, -0.2) is 19.9 Å². The third-order valence-electron chi connectivity index (χ3n) is 18.0. The molecule has 3 aromatic heterocycles. The summed E-state index contributed by atoms with van der Waals surface area (Å²) >= 11 is 0. The van der Waals surface area contributed by atoms with E-state index in [2.05, 4.69) is 301 Å². The van der Waals surface area contributed by atoms with E-state index in [1.165, 1.54) is 33.4 Å². The fourth-order valence-electron chi connectivity index (χ4n) is 13.1. The Labute approximate surface area is 497 Å². The molecule has 13 aromatic rings. The van der Waals surface area contributed by atoms with Gasteiger partial charge in [-0.3, -0.25) is 0 Å².